The van der Waals surface area contributed by atoms with E-state index < -0.39 is 6.10 Å². The van der Waals surface area contributed by atoms with Gasteiger partial charge in [0.2, 0.25) is 0 Å². The molecule has 0 amide bonds. The van der Waals surface area contributed by atoms with Gasteiger partial charge in [-0.1, -0.05) is 0 Å². The molecule has 1 aromatic carbocycles. The van der Waals surface area contributed by atoms with E-state index in [4.69, 9.17) is 19.7 Å². The van der Waals surface area contributed by atoms with E-state index in [2.05, 4.69) is 0 Å². The normalized spacial score (nSPS) is 12.2. The second-order valence-corrected chi connectivity index (χ2v) is 2.98. The summed E-state index contributed by atoms with van der Waals surface area (Å²) < 4.78 is 10.0. The molecular weight excluding hydrogens is 200 g/mol. The summed E-state index contributed by atoms with van der Waals surface area (Å²) in [7, 11) is 1.43. The molecule has 0 spiro atoms. The van der Waals surface area contributed by atoms with E-state index in [1.165, 1.54) is 19.2 Å². The quantitative estimate of drug-likeness (QED) is 0.649. The van der Waals surface area contributed by atoms with E-state index in [0.29, 0.717) is 11.5 Å². The Hall–Kier alpha value is -1.46. The summed E-state index contributed by atoms with van der Waals surface area (Å²) in [5.74, 6) is 0.774. The first kappa shape index (κ1) is 11.6. The summed E-state index contributed by atoms with van der Waals surface area (Å²) in [5, 5.41) is 26.9. The monoisotopic (exact) mass is 214 g/mol. The van der Waals surface area contributed by atoms with Gasteiger partial charge in [-0.3, -0.25) is 0 Å². The van der Waals surface area contributed by atoms with E-state index >= 15 is 0 Å². The van der Waals surface area contributed by atoms with E-state index in [1.807, 2.05) is 0 Å². The Labute approximate surface area is 87.5 Å². The summed E-state index contributed by atoms with van der Waals surface area (Å²) in [5.41, 5.74) is 0. The predicted molar refractivity (Wildman–Crippen MR) is 53.2 cm³/mol. The standard InChI is InChI=1S/C10H14O5/c1-14-10-4-8(2-3-9(10)13)15-6-7(12)5-11/h2-4,7,11-13H,5-6H2,1H3/t7-/m1/s1. The minimum Gasteiger partial charge on any atom is -0.504 e. The van der Waals surface area contributed by atoms with Gasteiger partial charge in [0.05, 0.1) is 13.7 Å². The molecule has 0 unspecified atom stereocenters. The third-order valence-corrected chi connectivity index (χ3v) is 1.80. The summed E-state index contributed by atoms with van der Waals surface area (Å²) in [6, 6.07) is 4.47. The summed E-state index contributed by atoms with van der Waals surface area (Å²) in [6.07, 6.45) is -0.912. The van der Waals surface area contributed by atoms with E-state index in [9.17, 15) is 5.11 Å². The van der Waals surface area contributed by atoms with Gasteiger partial charge in [0, 0.05) is 6.07 Å². The smallest absolute Gasteiger partial charge is 0.164 e. The Balaban J connectivity index is 2.62. The van der Waals surface area contributed by atoms with Gasteiger partial charge < -0.3 is 24.8 Å². The molecule has 0 heterocycles. The van der Waals surface area contributed by atoms with Crippen LogP contribution in [-0.2, 0) is 0 Å². The van der Waals surface area contributed by atoms with E-state index in [1.54, 1.807) is 6.07 Å². The third kappa shape index (κ3) is 3.30. The van der Waals surface area contributed by atoms with Gasteiger partial charge in [-0.2, -0.15) is 0 Å². The molecule has 0 saturated carbocycles. The minimum absolute atomic E-state index is 0.00949. The highest BCUT2D eigenvalue weighted by Crippen LogP contribution is 2.29. The first-order valence-corrected chi connectivity index (χ1v) is 4.46. The van der Waals surface area contributed by atoms with Crippen molar-refractivity contribution in [3.8, 4) is 17.2 Å². The van der Waals surface area contributed by atoms with Gasteiger partial charge >= 0.3 is 0 Å². The van der Waals surface area contributed by atoms with Crippen molar-refractivity contribution >= 4 is 0 Å². The molecule has 0 aliphatic carbocycles. The van der Waals surface area contributed by atoms with Gasteiger partial charge in [-0.25, -0.2) is 0 Å². The topological polar surface area (TPSA) is 79.2 Å². The fraction of sp³-hybridized carbons (Fsp3) is 0.400. The molecule has 0 aliphatic rings. The van der Waals surface area contributed by atoms with Gasteiger partial charge in [0.25, 0.3) is 0 Å². The molecule has 0 aromatic heterocycles. The van der Waals surface area contributed by atoms with Gasteiger partial charge in [-0.05, 0) is 12.1 Å². The number of rotatable bonds is 5. The molecule has 84 valence electrons. The van der Waals surface area contributed by atoms with Crippen LogP contribution < -0.4 is 9.47 Å². The number of ether oxygens (including phenoxy) is 2. The number of phenols is 1. The van der Waals surface area contributed by atoms with Crippen LogP contribution in [0.25, 0.3) is 0 Å². The van der Waals surface area contributed by atoms with Crippen molar-refractivity contribution in [3.63, 3.8) is 0 Å². The second-order valence-electron chi connectivity index (χ2n) is 2.98. The Bertz CT molecular complexity index is 313. The number of aliphatic hydroxyl groups is 2. The van der Waals surface area contributed by atoms with Gasteiger partial charge in [-0.15, -0.1) is 0 Å². The number of hydrogen-bond donors (Lipinski definition) is 3. The van der Waals surface area contributed by atoms with Crippen molar-refractivity contribution in [2.45, 2.75) is 6.10 Å². The molecule has 5 heteroatoms. The van der Waals surface area contributed by atoms with Crippen molar-refractivity contribution < 1.29 is 24.8 Å². The molecule has 0 radical (unpaired) electrons. The average Bonchev–Trinajstić information content (AvgIpc) is 2.27. The van der Waals surface area contributed by atoms with Crippen LogP contribution in [0.2, 0.25) is 0 Å². The van der Waals surface area contributed by atoms with Crippen LogP contribution in [0.15, 0.2) is 18.2 Å². The predicted octanol–water partition coefficient (Wildman–Crippen LogP) is 0.133. The molecule has 1 atom stereocenters. The second kappa shape index (κ2) is 5.43. The zero-order valence-corrected chi connectivity index (χ0v) is 8.38. The molecular formula is C10H14O5. The molecule has 1 rings (SSSR count). The maximum absolute atomic E-state index is 9.29. The first-order valence-electron chi connectivity index (χ1n) is 4.46. The lowest BCUT2D eigenvalue weighted by atomic mass is 10.3. The molecule has 1 aromatic rings. The Morgan fingerprint density at radius 3 is 2.73 bits per heavy atom. The van der Waals surface area contributed by atoms with Crippen molar-refractivity contribution in [3.05, 3.63) is 18.2 Å². The van der Waals surface area contributed by atoms with E-state index in [-0.39, 0.29) is 19.0 Å². The lowest BCUT2D eigenvalue weighted by Gasteiger charge is -2.11. The van der Waals surface area contributed by atoms with E-state index in [0.717, 1.165) is 0 Å². The Morgan fingerprint density at radius 1 is 1.40 bits per heavy atom. The number of benzene rings is 1. The maximum Gasteiger partial charge on any atom is 0.164 e. The SMILES string of the molecule is COc1cc(OC[C@H](O)CO)ccc1O. The Morgan fingerprint density at radius 2 is 2.13 bits per heavy atom. The van der Waals surface area contributed by atoms with Crippen LogP contribution in [0, 0.1) is 0 Å². The third-order valence-electron chi connectivity index (χ3n) is 1.80. The van der Waals surface area contributed by atoms with Crippen LogP contribution in [0.1, 0.15) is 0 Å². The van der Waals surface area contributed by atoms with Crippen molar-refractivity contribution in [2.24, 2.45) is 0 Å². The fourth-order valence-electron chi connectivity index (χ4n) is 0.993. The average molecular weight is 214 g/mol. The van der Waals surface area contributed by atoms with Crippen molar-refractivity contribution in [1.82, 2.24) is 0 Å². The molecule has 3 N–H and O–H groups in total. The van der Waals surface area contributed by atoms with Crippen LogP contribution in [-0.4, -0.2) is 41.7 Å². The van der Waals surface area contributed by atoms with Crippen molar-refractivity contribution in [2.75, 3.05) is 20.3 Å². The summed E-state index contributed by atoms with van der Waals surface area (Å²) >= 11 is 0. The number of phenolic OH excluding ortho intramolecular Hbond substituents is 1. The molecule has 0 saturated heterocycles. The molecule has 15 heavy (non-hydrogen) atoms. The highest BCUT2D eigenvalue weighted by atomic mass is 16.5. The zero-order chi connectivity index (χ0) is 11.3. The summed E-state index contributed by atoms with van der Waals surface area (Å²) in [4.78, 5) is 0. The highest BCUT2D eigenvalue weighted by Gasteiger charge is 2.06. The number of hydrogen-bond acceptors (Lipinski definition) is 5. The molecule has 0 bridgehead atoms. The van der Waals surface area contributed by atoms with Crippen molar-refractivity contribution in [1.29, 1.82) is 0 Å². The van der Waals surface area contributed by atoms with Gasteiger partial charge in [0.1, 0.15) is 18.5 Å². The molecule has 0 fully saturated rings. The molecule has 0 aliphatic heterocycles. The van der Waals surface area contributed by atoms with Crippen LogP contribution in [0.4, 0.5) is 0 Å². The lowest BCUT2D eigenvalue weighted by Crippen LogP contribution is -2.21. The number of aliphatic hydroxyl groups excluding tert-OH is 2. The maximum atomic E-state index is 9.29. The van der Waals surface area contributed by atoms with Crippen LogP contribution >= 0.6 is 0 Å². The fourth-order valence-corrected chi connectivity index (χ4v) is 0.993. The lowest BCUT2D eigenvalue weighted by molar-refractivity contribution is 0.0535. The first-order chi connectivity index (χ1) is 7.17. The number of aromatic hydroxyl groups is 1. The molecule has 5 nitrogen and oxygen atoms in total. The van der Waals surface area contributed by atoms with Crippen LogP contribution in [0.5, 0.6) is 17.2 Å². The zero-order valence-electron chi connectivity index (χ0n) is 8.38. The van der Waals surface area contributed by atoms with Gasteiger partial charge in [0.15, 0.2) is 11.5 Å². The summed E-state index contributed by atoms with van der Waals surface area (Å²) in [6.45, 7) is -0.361. The number of methoxy groups -OCH3 is 1. The minimum atomic E-state index is -0.912. The Kier molecular flexibility index (Phi) is 4.20. The van der Waals surface area contributed by atoms with Crippen LogP contribution in [0.3, 0.4) is 0 Å². The highest BCUT2D eigenvalue weighted by molar-refractivity contribution is 5.44. The largest absolute Gasteiger partial charge is 0.504 e.